The first kappa shape index (κ1) is 24.8. The van der Waals surface area contributed by atoms with Crippen LogP contribution in [0.2, 0.25) is 0 Å². The Labute approximate surface area is 210 Å². The number of carbonyl (C=O) groups is 1. The van der Waals surface area contributed by atoms with E-state index in [1.807, 2.05) is 56.3 Å². The summed E-state index contributed by atoms with van der Waals surface area (Å²) in [5, 5.41) is 9.34. The van der Waals surface area contributed by atoms with Gasteiger partial charge in [0.05, 0.1) is 18.9 Å². The Morgan fingerprint density at radius 2 is 1.83 bits per heavy atom. The van der Waals surface area contributed by atoms with E-state index in [1.165, 1.54) is 6.92 Å². The summed E-state index contributed by atoms with van der Waals surface area (Å²) in [4.78, 5) is 19.3. The molecule has 0 bridgehead atoms. The quantitative estimate of drug-likeness (QED) is 0.278. The number of rotatable bonds is 9. The normalized spacial score (nSPS) is 14.4. The highest BCUT2D eigenvalue weighted by atomic mass is 32.2. The Balaban J connectivity index is 1.84. The lowest BCUT2D eigenvalue weighted by atomic mass is 10.1. The van der Waals surface area contributed by atoms with Crippen LogP contribution in [0.15, 0.2) is 47.6 Å². The molecule has 1 amide bonds. The molecule has 3 aromatic rings. The highest BCUT2D eigenvalue weighted by Crippen LogP contribution is 2.44. The second kappa shape index (κ2) is 11.4. The van der Waals surface area contributed by atoms with Gasteiger partial charge in [-0.1, -0.05) is 43.3 Å². The Hall–Kier alpha value is -3.33. The number of thioether (sulfide) groups is 1. The van der Waals surface area contributed by atoms with E-state index in [2.05, 4.69) is 17.1 Å². The van der Waals surface area contributed by atoms with Crippen LogP contribution in [-0.4, -0.2) is 40.1 Å². The number of ether oxygens (including phenoxy) is 3. The number of benzene rings is 2. The van der Waals surface area contributed by atoms with Crippen molar-refractivity contribution in [3.8, 4) is 28.6 Å². The second-order valence-corrected chi connectivity index (χ2v) is 8.96. The van der Waals surface area contributed by atoms with Crippen LogP contribution in [-0.2, 0) is 4.79 Å². The third-order valence-electron chi connectivity index (χ3n) is 5.43. The molecule has 1 aliphatic rings. The predicted molar refractivity (Wildman–Crippen MR) is 136 cm³/mol. The van der Waals surface area contributed by atoms with Gasteiger partial charge in [0.2, 0.25) is 23.2 Å². The minimum absolute atomic E-state index is 0.174. The van der Waals surface area contributed by atoms with Crippen LogP contribution in [0.3, 0.4) is 0 Å². The van der Waals surface area contributed by atoms with Crippen molar-refractivity contribution in [3.63, 3.8) is 0 Å². The molecule has 0 fully saturated rings. The van der Waals surface area contributed by atoms with Gasteiger partial charge in [0.1, 0.15) is 0 Å². The van der Waals surface area contributed by atoms with E-state index in [1.54, 1.807) is 16.7 Å². The summed E-state index contributed by atoms with van der Waals surface area (Å²) in [6, 6.07) is 13.1. The molecule has 0 saturated carbocycles. The average molecular weight is 495 g/mol. The number of amides is 1. The second-order valence-electron chi connectivity index (χ2n) is 7.90. The molecule has 0 spiro atoms. The smallest absolute Gasteiger partial charge is 0.247 e. The van der Waals surface area contributed by atoms with Crippen LogP contribution in [0, 0.1) is 0 Å². The van der Waals surface area contributed by atoms with Gasteiger partial charge in [-0.3, -0.25) is 9.69 Å². The molecule has 1 atom stereocenters. The van der Waals surface area contributed by atoms with Gasteiger partial charge < -0.3 is 14.2 Å². The molecular weight excluding hydrogens is 464 g/mol. The van der Waals surface area contributed by atoms with Crippen molar-refractivity contribution < 1.29 is 19.0 Å². The highest BCUT2D eigenvalue weighted by Gasteiger charge is 2.35. The third kappa shape index (κ3) is 5.35. The van der Waals surface area contributed by atoms with Crippen LogP contribution in [0.4, 0.5) is 5.69 Å². The number of carbonyl (C=O) groups excluding carboxylic acids is 1. The largest absolute Gasteiger partial charge is 0.490 e. The number of hydrogen-bond donors (Lipinski definition) is 0. The number of para-hydroxylation sites is 1. The zero-order valence-electron chi connectivity index (χ0n) is 20.5. The molecule has 9 heteroatoms. The monoisotopic (exact) mass is 494 g/mol. The van der Waals surface area contributed by atoms with Crippen molar-refractivity contribution in [2.75, 3.05) is 23.9 Å². The molecule has 0 aliphatic carbocycles. The van der Waals surface area contributed by atoms with Gasteiger partial charge in [-0.15, -0.1) is 10.2 Å². The number of nitrogens with zero attached hydrogens (tertiary/aromatic N) is 4. The maximum absolute atomic E-state index is 13.0. The van der Waals surface area contributed by atoms with Gasteiger partial charge in [-0.05, 0) is 44.5 Å². The molecule has 4 rings (SSSR count). The molecule has 0 radical (unpaired) electrons. The van der Waals surface area contributed by atoms with Gasteiger partial charge >= 0.3 is 0 Å². The lowest BCUT2D eigenvalue weighted by Crippen LogP contribution is -2.36. The van der Waals surface area contributed by atoms with E-state index in [0.717, 1.165) is 29.7 Å². The number of aromatic nitrogens is 3. The Morgan fingerprint density at radius 1 is 1.06 bits per heavy atom. The summed E-state index contributed by atoms with van der Waals surface area (Å²) in [5.74, 6) is 2.29. The molecule has 35 heavy (non-hydrogen) atoms. The minimum atomic E-state index is -0.782. The summed E-state index contributed by atoms with van der Waals surface area (Å²) >= 11 is 1.54. The lowest BCUT2D eigenvalue weighted by molar-refractivity contribution is -0.118. The fourth-order valence-corrected chi connectivity index (χ4v) is 4.72. The topological polar surface area (TPSA) is 86.7 Å². The molecule has 1 aliphatic heterocycles. The molecule has 0 unspecified atom stereocenters. The zero-order valence-corrected chi connectivity index (χ0v) is 21.3. The predicted octanol–water partition coefficient (Wildman–Crippen LogP) is 5.67. The molecule has 0 N–H and O–H groups in total. The molecule has 8 nitrogen and oxygen atoms in total. The first-order valence-electron chi connectivity index (χ1n) is 11.9. The van der Waals surface area contributed by atoms with Crippen molar-refractivity contribution in [3.05, 3.63) is 48.0 Å². The number of unbranched alkanes of at least 4 members (excludes halogenated alkanes) is 1. The summed E-state index contributed by atoms with van der Waals surface area (Å²) in [5.41, 5.74) is 2.65. The molecule has 2 heterocycles. The molecular formula is C26H30N4O4S. The number of hydrogen-bond acceptors (Lipinski definition) is 8. The van der Waals surface area contributed by atoms with E-state index in [-0.39, 0.29) is 5.91 Å². The first-order chi connectivity index (χ1) is 17.1. The van der Waals surface area contributed by atoms with Crippen LogP contribution in [0.1, 0.15) is 52.3 Å². The summed E-state index contributed by atoms with van der Waals surface area (Å²) < 4.78 is 18.0. The van der Waals surface area contributed by atoms with Crippen molar-refractivity contribution in [1.82, 2.24) is 15.2 Å². The SMILES string of the molecule is CCCCSc1nnc2c(n1)O[C@@H](c1ccc(OCC)c(OCC)c1)N(C(C)=O)c1ccccc1-2. The van der Waals surface area contributed by atoms with E-state index in [0.29, 0.717) is 47.1 Å². The molecule has 0 saturated heterocycles. The van der Waals surface area contributed by atoms with E-state index in [4.69, 9.17) is 19.2 Å². The highest BCUT2D eigenvalue weighted by molar-refractivity contribution is 7.99. The summed E-state index contributed by atoms with van der Waals surface area (Å²) in [7, 11) is 0. The fourth-order valence-electron chi connectivity index (χ4n) is 3.86. The standard InChI is InChI=1S/C26H30N4O4S/c1-5-8-15-35-26-27-24-23(28-29-26)19-11-9-10-12-20(19)30(17(4)31)25(34-24)18-13-14-21(32-6-2)22(16-18)33-7-3/h9-14,16,25H,5-8,15H2,1-4H3/t25-/m0/s1. The van der Waals surface area contributed by atoms with Crippen molar-refractivity contribution in [1.29, 1.82) is 0 Å². The molecule has 2 aromatic carbocycles. The summed E-state index contributed by atoms with van der Waals surface area (Å²) in [6.45, 7) is 8.50. The van der Waals surface area contributed by atoms with Gasteiger partial charge in [0, 0.05) is 23.8 Å². The van der Waals surface area contributed by atoms with Gasteiger partial charge in [0.25, 0.3) is 0 Å². The fraction of sp³-hybridized carbons (Fsp3) is 0.385. The van der Waals surface area contributed by atoms with Gasteiger partial charge in [-0.2, -0.15) is 4.98 Å². The zero-order chi connectivity index (χ0) is 24.8. The Bertz CT molecular complexity index is 1190. The summed E-state index contributed by atoms with van der Waals surface area (Å²) in [6.07, 6.45) is 1.36. The minimum Gasteiger partial charge on any atom is -0.490 e. The van der Waals surface area contributed by atoms with E-state index >= 15 is 0 Å². The maximum atomic E-state index is 13.0. The van der Waals surface area contributed by atoms with Crippen molar-refractivity contribution in [2.24, 2.45) is 0 Å². The van der Waals surface area contributed by atoms with E-state index < -0.39 is 6.23 Å². The Morgan fingerprint density at radius 3 is 2.57 bits per heavy atom. The lowest BCUT2D eigenvalue weighted by Gasteiger charge is -2.30. The van der Waals surface area contributed by atoms with Gasteiger partial charge in [0.15, 0.2) is 17.2 Å². The van der Waals surface area contributed by atoms with Crippen molar-refractivity contribution in [2.45, 2.75) is 51.9 Å². The van der Waals surface area contributed by atoms with Crippen LogP contribution < -0.4 is 19.1 Å². The first-order valence-corrected chi connectivity index (χ1v) is 12.9. The number of anilines is 1. The Kier molecular flexibility index (Phi) is 8.07. The van der Waals surface area contributed by atoms with Crippen LogP contribution in [0.25, 0.3) is 11.3 Å². The molecule has 1 aromatic heterocycles. The maximum Gasteiger partial charge on any atom is 0.247 e. The van der Waals surface area contributed by atoms with Crippen LogP contribution in [0.5, 0.6) is 17.4 Å². The molecule has 184 valence electrons. The number of fused-ring (bicyclic) bond motifs is 3. The van der Waals surface area contributed by atoms with Crippen LogP contribution >= 0.6 is 11.8 Å². The van der Waals surface area contributed by atoms with Gasteiger partial charge in [-0.25, -0.2) is 0 Å². The average Bonchev–Trinajstić information content (AvgIpc) is 3.00. The van der Waals surface area contributed by atoms with Crippen molar-refractivity contribution >= 4 is 23.4 Å². The third-order valence-corrected chi connectivity index (χ3v) is 6.36. The van der Waals surface area contributed by atoms with E-state index in [9.17, 15) is 4.79 Å².